The Morgan fingerprint density at radius 2 is 1.62 bits per heavy atom. The zero-order valence-electron chi connectivity index (χ0n) is 17.1. The Hall–Kier alpha value is -3.48. The highest BCUT2D eigenvalue weighted by molar-refractivity contribution is 7.90. The first-order valence-corrected chi connectivity index (χ1v) is 12.0. The van der Waals surface area contributed by atoms with E-state index in [2.05, 4.69) is 5.10 Å². The Bertz CT molecular complexity index is 1460. The first-order valence-electron chi connectivity index (χ1n) is 9.75. The molecule has 0 aliphatic rings. The van der Waals surface area contributed by atoms with Gasteiger partial charge in [0.15, 0.2) is 9.84 Å². The van der Waals surface area contributed by atoms with E-state index >= 15 is 0 Å². The van der Waals surface area contributed by atoms with Gasteiger partial charge in [-0.2, -0.15) is 9.78 Å². The predicted molar refractivity (Wildman–Crippen MR) is 129 cm³/mol. The summed E-state index contributed by atoms with van der Waals surface area (Å²) in [6, 6.07) is 22.9. The molecule has 0 aliphatic carbocycles. The van der Waals surface area contributed by atoms with Gasteiger partial charge in [0.05, 0.1) is 22.3 Å². The maximum absolute atomic E-state index is 13.4. The number of nitrogens with zero attached hydrogens (tertiary/aromatic N) is 2. The molecule has 3 aromatic carbocycles. The molecule has 0 saturated carbocycles. The zero-order chi connectivity index (χ0) is 22.7. The average molecular weight is 463 g/mol. The highest BCUT2D eigenvalue weighted by Gasteiger charge is 2.14. The Morgan fingerprint density at radius 1 is 0.906 bits per heavy atom. The summed E-state index contributed by atoms with van der Waals surface area (Å²) in [5, 5.41) is 4.84. The molecule has 7 heteroatoms. The van der Waals surface area contributed by atoms with Gasteiger partial charge in [-0.05, 0) is 47.5 Å². The van der Waals surface area contributed by atoms with Crippen LogP contribution >= 0.6 is 11.6 Å². The summed E-state index contributed by atoms with van der Waals surface area (Å²) in [5.41, 5.74) is 2.89. The lowest BCUT2D eigenvalue weighted by Crippen LogP contribution is -2.23. The van der Waals surface area contributed by atoms with Crippen LogP contribution in [-0.2, 0) is 9.84 Å². The number of halogens is 1. The van der Waals surface area contributed by atoms with E-state index in [4.69, 9.17) is 11.6 Å². The van der Waals surface area contributed by atoms with Gasteiger partial charge >= 0.3 is 0 Å². The monoisotopic (exact) mass is 462 g/mol. The second kappa shape index (κ2) is 8.94. The van der Waals surface area contributed by atoms with Crippen molar-refractivity contribution >= 4 is 33.6 Å². The molecule has 0 atom stereocenters. The number of sulfone groups is 1. The molecule has 0 amide bonds. The van der Waals surface area contributed by atoms with Gasteiger partial charge in [0.1, 0.15) is 0 Å². The average Bonchev–Trinajstić information content (AvgIpc) is 2.78. The van der Waals surface area contributed by atoms with Crippen molar-refractivity contribution in [3.63, 3.8) is 0 Å². The van der Waals surface area contributed by atoms with Gasteiger partial charge < -0.3 is 0 Å². The SMILES string of the molecule is CS(=O)(=O)c1ccc(-c2cnn(-c3cccc(Cl)c3)c(=O)c2C=Cc2ccccc2)cc1. The lowest BCUT2D eigenvalue weighted by Gasteiger charge is -2.11. The normalized spacial score (nSPS) is 11.7. The van der Waals surface area contributed by atoms with Gasteiger partial charge in [0, 0.05) is 16.8 Å². The van der Waals surface area contributed by atoms with E-state index < -0.39 is 9.84 Å². The quantitative estimate of drug-likeness (QED) is 0.412. The van der Waals surface area contributed by atoms with Gasteiger partial charge in [-0.15, -0.1) is 0 Å². The standard InChI is InChI=1S/C25H19ClN2O3S/c1-32(30,31)22-13-11-19(12-14-22)24-17-27-28(21-9-5-8-20(26)16-21)25(29)23(24)15-10-18-6-3-2-4-7-18/h2-17H,1H3. The Kier molecular flexibility index (Phi) is 6.08. The summed E-state index contributed by atoms with van der Waals surface area (Å²) in [7, 11) is -3.32. The third-order valence-corrected chi connectivity index (χ3v) is 6.27. The van der Waals surface area contributed by atoms with E-state index in [0.717, 1.165) is 11.8 Å². The maximum atomic E-state index is 13.4. The van der Waals surface area contributed by atoms with Crippen LogP contribution in [0.25, 0.3) is 29.0 Å². The molecule has 0 saturated heterocycles. The van der Waals surface area contributed by atoms with Crippen molar-refractivity contribution in [3.05, 3.63) is 112 Å². The van der Waals surface area contributed by atoms with E-state index in [9.17, 15) is 13.2 Å². The molecule has 32 heavy (non-hydrogen) atoms. The molecule has 0 fully saturated rings. The minimum absolute atomic E-state index is 0.211. The fraction of sp³-hybridized carbons (Fsp3) is 0.0400. The lowest BCUT2D eigenvalue weighted by atomic mass is 10.0. The molecule has 0 bridgehead atoms. The van der Waals surface area contributed by atoms with Crippen molar-refractivity contribution in [1.82, 2.24) is 9.78 Å². The molecule has 0 N–H and O–H groups in total. The van der Waals surface area contributed by atoms with E-state index in [1.807, 2.05) is 36.4 Å². The smallest absolute Gasteiger partial charge is 0.267 e. The van der Waals surface area contributed by atoms with Crippen LogP contribution in [0, 0.1) is 0 Å². The van der Waals surface area contributed by atoms with Crippen molar-refractivity contribution in [2.75, 3.05) is 6.26 Å². The maximum Gasteiger partial charge on any atom is 0.279 e. The molecule has 1 aromatic heterocycles. The Balaban J connectivity index is 1.88. The summed E-state index contributed by atoms with van der Waals surface area (Å²) in [6.45, 7) is 0. The van der Waals surface area contributed by atoms with Crippen LogP contribution < -0.4 is 5.56 Å². The third-order valence-electron chi connectivity index (χ3n) is 4.90. The number of benzene rings is 3. The van der Waals surface area contributed by atoms with Crippen LogP contribution in [0.2, 0.25) is 5.02 Å². The molecule has 0 aliphatic heterocycles. The molecule has 1 heterocycles. The van der Waals surface area contributed by atoms with E-state index in [0.29, 0.717) is 27.4 Å². The van der Waals surface area contributed by atoms with Gasteiger partial charge in [-0.25, -0.2) is 8.42 Å². The minimum atomic E-state index is -3.32. The number of rotatable bonds is 5. The van der Waals surface area contributed by atoms with Crippen LogP contribution in [0.3, 0.4) is 0 Å². The minimum Gasteiger partial charge on any atom is -0.267 e. The molecule has 0 unspecified atom stereocenters. The zero-order valence-corrected chi connectivity index (χ0v) is 18.7. The highest BCUT2D eigenvalue weighted by atomic mass is 35.5. The van der Waals surface area contributed by atoms with Gasteiger partial charge in [0.25, 0.3) is 5.56 Å². The summed E-state index contributed by atoms with van der Waals surface area (Å²) < 4.78 is 24.9. The molecule has 0 radical (unpaired) electrons. The van der Waals surface area contributed by atoms with E-state index in [1.165, 1.54) is 16.8 Å². The summed E-state index contributed by atoms with van der Waals surface area (Å²) in [6.07, 6.45) is 6.36. The predicted octanol–water partition coefficient (Wildman–Crippen LogP) is 5.13. The lowest BCUT2D eigenvalue weighted by molar-refractivity contribution is 0.602. The van der Waals surface area contributed by atoms with Crippen LogP contribution in [-0.4, -0.2) is 24.5 Å². The molecule has 4 rings (SSSR count). The van der Waals surface area contributed by atoms with Gasteiger partial charge in [0.2, 0.25) is 0 Å². The largest absolute Gasteiger partial charge is 0.279 e. The summed E-state index contributed by atoms with van der Waals surface area (Å²) >= 11 is 6.10. The van der Waals surface area contributed by atoms with E-state index in [-0.39, 0.29) is 10.5 Å². The Labute approximate surface area is 191 Å². The topological polar surface area (TPSA) is 69.0 Å². The molecular formula is C25H19ClN2O3S. The van der Waals surface area contributed by atoms with Crippen molar-refractivity contribution in [1.29, 1.82) is 0 Å². The molecular weight excluding hydrogens is 444 g/mol. The molecule has 4 aromatic rings. The fourth-order valence-corrected chi connectivity index (χ4v) is 4.09. The van der Waals surface area contributed by atoms with Crippen LogP contribution in [0.15, 0.2) is 94.7 Å². The third kappa shape index (κ3) is 4.72. The molecule has 0 spiro atoms. The van der Waals surface area contributed by atoms with Crippen LogP contribution in [0.4, 0.5) is 0 Å². The van der Waals surface area contributed by atoms with Crippen molar-refractivity contribution in [3.8, 4) is 16.8 Å². The van der Waals surface area contributed by atoms with Crippen molar-refractivity contribution in [2.24, 2.45) is 0 Å². The van der Waals surface area contributed by atoms with Crippen LogP contribution in [0.5, 0.6) is 0 Å². The van der Waals surface area contributed by atoms with E-state index in [1.54, 1.807) is 48.7 Å². The highest BCUT2D eigenvalue weighted by Crippen LogP contribution is 2.25. The van der Waals surface area contributed by atoms with Gasteiger partial charge in [-0.3, -0.25) is 4.79 Å². The van der Waals surface area contributed by atoms with Gasteiger partial charge in [-0.1, -0.05) is 66.2 Å². The fourth-order valence-electron chi connectivity index (χ4n) is 3.28. The number of hydrogen-bond acceptors (Lipinski definition) is 4. The van der Waals surface area contributed by atoms with Crippen LogP contribution in [0.1, 0.15) is 11.1 Å². The number of aromatic nitrogens is 2. The molecule has 5 nitrogen and oxygen atoms in total. The van der Waals surface area contributed by atoms with Crippen molar-refractivity contribution in [2.45, 2.75) is 4.90 Å². The second-order valence-corrected chi connectivity index (χ2v) is 9.66. The molecule has 160 valence electrons. The van der Waals surface area contributed by atoms with Crippen molar-refractivity contribution < 1.29 is 8.42 Å². The first kappa shape index (κ1) is 21.7. The summed E-state index contributed by atoms with van der Waals surface area (Å²) in [4.78, 5) is 13.6. The first-order chi connectivity index (χ1) is 15.3. The Morgan fingerprint density at radius 3 is 2.28 bits per heavy atom. The summed E-state index contributed by atoms with van der Waals surface area (Å²) in [5.74, 6) is 0. The second-order valence-electron chi connectivity index (χ2n) is 7.21. The number of hydrogen-bond donors (Lipinski definition) is 0.